The van der Waals surface area contributed by atoms with E-state index in [1.165, 1.54) is 0 Å². The lowest BCUT2D eigenvalue weighted by molar-refractivity contribution is -0.139. The van der Waals surface area contributed by atoms with Gasteiger partial charge in [-0.1, -0.05) is 33.1 Å². The lowest BCUT2D eigenvalue weighted by atomic mass is 9.99. The first-order valence-electron chi connectivity index (χ1n) is 7.46. The van der Waals surface area contributed by atoms with Gasteiger partial charge in [0, 0.05) is 13.0 Å². The first-order valence-corrected chi connectivity index (χ1v) is 7.46. The number of unbranched alkanes of at least 4 members (excludes halogenated alkanes) is 1. The maximum absolute atomic E-state index is 11.7. The second-order valence-corrected chi connectivity index (χ2v) is 5.17. The molecule has 21 heavy (non-hydrogen) atoms. The van der Waals surface area contributed by atoms with E-state index in [1.807, 2.05) is 0 Å². The highest BCUT2D eigenvalue weighted by atomic mass is 16.4. The molecule has 0 saturated carbocycles. The fourth-order valence-electron chi connectivity index (χ4n) is 1.93. The van der Waals surface area contributed by atoms with Gasteiger partial charge in [0.25, 0.3) is 0 Å². The summed E-state index contributed by atoms with van der Waals surface area (Å²) >= 11 is 0. The largest absolute Gasteiger partial charge is 0.480 e. The number of carbonyl (C=O) groups excluding carboxylic acids is 2. The summed E-state index contributed by atoms with van der Waals surface area (Å²) in [7, 11) is 0. The predicted molar refractivity (Wildman–Crippen MR) is 79.7 cm³/mol. The number of urea groups is 1. The summed E-state index contributed by atoms with van der Waals surface area (Å²) in [6.07, 6.45) is 4.13. The molecule has 122 valence electrons. The van der Waals surface area contributed by atoms with Gasteiger partial charge in [-0.25, -0.2) is 9.59 Å². The Labute approximate surface area is 125 Å². The monoisotopic (exact) mass is 301 g/mol. The second kappa shape index (κ2) is 10.9. The van der Waals surface area contributed by atoms with Crippen LogP contribution >= 0.6 is 0 Å². The number of amides is 3. The van der Waals surface area contributed by atoms with Crippen LogP contribution in [0, 0.1) is 5.92 Å². The molecule has 0 fully saturated rings. The van der Waals surface area contributed by atoms with E-state index in [0.29, 0.717) is 12.5 Å². The molecule has 0 saturated heterocycles. The lowest BCUT2D eigenvalue weighted by Gasteiger charge is -2.18. The van der Waals surface area contributed by atoms with Crippen LogP contribution in [0.25, 0.3) is 0 Å². The number of primary amides is 1. The minimum Gasteiger partial charge on any atom is -0.480 e. The van der Waals surface area contributed by atoms with Crippen molar-refractivity contribution in [3.63, 3.8) is 0 Å². The van der Waals surface area contributed by atoms with Crippen molar-refractivity contribution in [3.05, 3.63) is 0 Å². The van der Waals surface area contributed by atoms with Gasteiger partial charge in [0.15, 0.2) is 0 Å². The summed E-state index contributed by atoms with van der Waals surface area (Å²) in [6.45, 7) is 4.69. The molecule has 5 N–H and O–H groups in total. The number of aliphatic carboxylic acids is 1. The van der Waals surface area contributed by atoms with Crippen LogP contribution < -0.4 is 16.4 Å². The van der Waals surface area contributed by atoms with Crippen LogP contribution in [0.15, 0.2) is 0 Å². The van der Waals surface area contributed by atoms with Gasteiger partial charge in [-0.05, 0) is 18.8 Å². The molecule has 0 aliphatic carbocycles. The summed E-state index contributed by atoms with van der Waals surface area (Å²) in [4.78, 5) is 33.4. The van der Waals surface area contributed by atoms with E-state index < -0.39 is 23.9 Å². The molecule has 0 rings (SSSR count). The smallest absolute Gasteiger partial charge is 0.326 e. The maximum Gasteiger partial charge on any atom is 0.326 e. The molecule has 0 heterocycles. The van der Waals surface area contributed by atoms with Crippen molar-refractivity contribution in [2.24, 2.45) is 11.7 Å². The molecular formula is C14H27N3O4. The Morgan fingerprint density at radius 1 is 1.19 bits per heavy atom. The molecule has 0 aromatic carbocycles. The van der Waals surface area contributed by atoms with E-state index >= 15 is 0 Å². The van der Waals surface area contributed by atoms with E-state index in [4.69, 9.17) is 10.8 Å². The number of nitrogens with one attached hydrogen (secondary N) is 2. The van der Waals surface area contributed by atoms with Gasteiger partial charge in [-0.15, -0.1) is 0 Å². The van der Waals surface area contributed by atoms with E-state index in [2.05, 4.69) is 24.5 Å². The Morgan fingerprint density at radius 3 is 2.33 bits per heavy atom. The number of hydrogen-bond acceptors (Lipinski definition) is 3. The van der Waals surface area contributed by atoms with Crippen molar-refractivity contribution in [2.45, 2.75) is 58.4 Å². The third-order valence-corrected chi connectivity index (χ3v) is 3.38. The molecule has 0 bridgehead atoms. The van der Waals surface area contributed by atoms with Crippen molar-refractivity contribution in [2.75, 3.05) is 6.54 Å². The fourth-order valence-corrected chi connectivity index (χ4v) is 1.93. The van der Waals surface area contributed by atoms with E-state index in [0.717, 1.165) is 25.7 Å². The number of carboxylic acids is 1. The van der Waals surface area contributed by atoms with Gasteiger partial charge in [0.1, 0.15) is 6.04 Å². The summed E-state index contributed by atoms with van der Waals surface area (Å²) in [6, 6.07) is -1.63. The van der Waals surface area contributed by atoms with Crippen molar-refractivity contribution < 1.29 is 19.5 Å². The van der Waals surface area contributed by atoms with Gasteiger partial charge < -0.3 is 21.5 Å². The highest BCUT2D eigenvalue weighted by molar-refractivity contribution is 5.83. The van der Waals surface area contributed by atoms with Gasteiger partial charge in [0.05, 0.1) is 0 Å². The van der Waals surface area contributed by atoms with E-state index in [-0.39, 0.29) is 12.8 Å². The molecule has 0 spiro atoms. The SMILES string of the molecule is CCCCC(CC)CNC(=O)NC(CCC(N)=O)C(=O)O. The van der Waals surface area contributed by atoms with Crippen molar-refractivity contribution in [1.82, 2.24) is 10.6 Å². The number of hydrogen-bond donors (Lipinski definition) is 4. The molecule has 0 radical (unpaired) electrons. The summed E-state index contributed by atoms with van der Waals surface area (Å²) in [5.41, 5.74) is 4.97. The standard InChI is InChI=1S/C14H27N3O4/c1-3-5-6-10(4-2)9-16-14(21)17-11(13(19)20)7-8-12(15)18/h10-11H,3-9H2,1-2H3,(H2,15,18)(H,19,20)(H2,16,17,21). The number of rotatable bonds is 11. The molecule has 2 atom stereocenters. The highest BCUT2D eigenvalue weighted by Crippen LogP contribution is 2.11. The molecule has 7 nitrogen and oxygen atoms in total. The van der Waals surface area contributed by atoms with Crippen LogP contribution in [-0.2, 0) is 9.59 Å². The molecule has 0 aromatic heterocycles. The fraction of sp³-hybridized carbons (Fsp3) is 0.786. The van der Waals surface area contributed by atoms with Gasteiger partial charge in [-0.3, -0.25) is 4.79 Å². The Kier molecular flexibility index (Phi) is 10.0. The molecule has 0 aliphatic rings. The minimum absolute atomic E-state index is 0.00880. The van der Waals surface area contributed by atoms with Crippen LogP contribution in [0.1, 0.15) is 52.4 Å². The normalized spacial score (nSPS) is 13.2. The molecule has 3 amide bonds. The van der Waals surface area contributed by atoms with Crippen LogP contribution in [-0.4, -0.2) is 35.6 Å². The lowest BCUT2D eigenvalue weighted by Crippen LogP contribution is -2.47. The summed E-state index contributed by atoms with van der Waals surface area (Å²) in [5, 5.41) is 14.0. The zero-order valence-corrected chi connectivity index (χ0v) is 12.9. The van der Waals surface area contributed by atoms with Gasteiger partial charge in [-0.2, -0.15) is 0 Å². The Balaban J connectivity index is 4.18. The van der Waals surface area contributed by atoms with E-state index in [1.54, 1.807) is 0 Å². The predicted octanol–water partition coefficient (Wildman–Crippen LogP) is 1.22. The first-order chi connectivity index (χ1) is 9.90. The average Bonchev–Trinajstić information content (AvgIpc) is 2.43. The zero-order chi connectivity index (χ0) is 16.3. The quantitative estimate of drug-likeness (QED) is 0.458. The molecule has 7 heteroatoms. The highest BCUT2D eigenvalue weighted by Gasteiger charge is 2.20. The molecule has 2 unspecified atom stereocenters. The third kappa shape index (κ3) is 9.70. The van der Waals surface area contributed by atoms with Crippen molar-refractivity contribution in [3.8, 4) is 0 Å². The number of nitrogens with two attached hydrogens (primary N) is 1. The van der Waals surface area contributed by atoms with Crippen LogP contribution in [0.5, 0.6) is 0 Å². The summed E-state index contributed by atoms with van der Waals surface area (Å²) in [5.74, 6) is -1.37. The molecular weight excluding hydrogens is 274 g/mol. The average molecular weight is 301 g/mol. The Hall–Kier alpha value is -1.79. The van der Waals surface area contributed by atoms with Crippen LogP contribution in [0.3, 0.4) is 0 Å². The molecule has 0 aliphatic heterocycles. The van der Waals surface area contributed by atoms with Crippen molar-refractivity contribution >= 4 is 17.9 Å². The van der Waals surface area contributed by atoms with Crippen LogP contribution in [0.2, 0.25) is 0 Å². The number of carboxylic acid groups (broad SMARTS) is 1. The van der Waals surface area contributed by atoms with E-state index in [9.17, 15) is 14.4 Å². The first kappa shape index (κ1) is 19.2. The maximum atomic E-state index is 11.7. The third-order valence-electron chi connectivity index (χ3n) is 3.38. The van der Waals surface area contributed by atoms with Crippen molar-refractivity contribution in [1.29, 1.82) is 0 Å². The van der Waals surface area contributed by atoms with Gasteiger partial charge >= 0.3 is 12.0 Å². The Bertz CT molecular complexity index is 347. The minimum atomic E-state index is -1.18. The molecule has 0 aromatic rings. The topological polar surface area (TPSA) is 122 Å². The Morgan fingerprint density at radius 2 is 1.86 bits per heavy atom. The van der Waals surface area contributed by atoms with Crippen LogP contribution in [0.4, 0.5) is 4.79 Å². The van der Waals surface area contributed by atoms with Gasteiger partial charge in [0.2, 0.25) is 5.91 Å². The zero-order valence-electron chi connectivity index (χ0n) is 12.9. The number of carbonyl (C=O) groups is 3. The second-order valence-electron chi connectivity index (χ2n) is 5.17. The summed E-state index contributed by atoms with van der Waals surface area (Å²) < 4.78 is 0.